The van der Waals surface area contributed by atoms with Gasteiger partial charge in [0.2, 0.25) is 17.7 Å². The summed E-state index contributed by atoms with van der Waals surface area (Å²) in [6.07, 6.45) is 2.90. The summed E-state index contributed by atoms with van der Waals surface area (Å²) in [6.45, 7) is -0.350. The summed E-state index contributed by atoms with van der Waals surface area (Å²) in [4.78, 5) is 51.4. The SMILES string of the molecule is CSCCC(N)C(=O)NC(CCCN=C(N)N)C(=O)NC(CS)C(=O)NCC(=O)O. The van der Waals surface area contributed by atoms with Crippen molar-refractivity contribution >= 4 is 54.0 Å². The number of nitrogens with one attached hydrogen (secondary N) is 3. The lowest BCUT2D eigenvalue weighted by Gasteiger charge is -2.23. The summed E-state index contributed by atoms with van der Waals surface area (Å²) in [6, 6.07) is -2.85. The minimum atomic E-state index is -1.23. The van der Waals surface area contributed by atoms with Crippen molar-refractivity contribution in [2.75, 3.05) is 30.9 Å². The smallest absolute Gasteiger partial charge is 0.322 e. The average molecular weight is 466 g/mol. The molecule has 0 aliphatic carbocycles. The second-order valence-corrected chi connectivity index (χ2v) is 7.60. The van der Waals surface area contributed by atoms with Crippen molar-refractivity contribution in [3.8, 4) is 0 Å². The first-order chi connectivity index (χ1) is 14.1. The standard InChI is InChI=1S/C16H31N7O5S2/c1-30-6-4-9(17)13(26)22-10(3-2-5-20-16(18)19)15(28)23-11(8-29)14(27)21-7-12(24)25/h9-11,29H,2-8,17H2,1H3,(H,21,27)(H,22,26)(H,23,28)(H,24,25)(H4,18,19,20). The van der Waals surface area contributed by atoms with Gasteiger partial charge in [0.05, 0.1) is 6.04 Å². The van der Waals surface area contributed by atoms with E-state index in [0.29, 0.717) is 18.6 Å². The first kappa shape index (κ1) is 27.8. The number of hydrogen-bond acceptors (Lipinski definition) is 8. The van der Waals surface area contributed by atoms with Crippen molar-refractivity contribution in [1.82, 2.24) is 16.0 Å². The third kappa shape index (κ3) is 12.4. The van der Waals surface area contributed by atoms with Crippen LogP contribution >= 0.6 is 24.4 Å². The Kier molecular flexibility index (Phi) is 14.5. The third-order valence-corrected chi connectivity index (χ3v) is 4.79. The summed E-state index contributed by atoms with van der Waals surface area (Å²) in [7, 11) is 0. The number of carboxylic acid groups (broad SMARTS) is 1. The lowest BCUT2D eigenvalue weighted by atomic mass is 10.1. The minimum Gasteiger partial charge on any atom is -0.480 e. The van der Waals surface area contributed by atoms with E-state index in [-0.39, 0.29) is 24.7 Å². The maximum Gasteiger partial charge on any atom is 0.322 e. The van der Waals surface area contributed by atoms with Crippen molar-refractivity contribution in [3.05, 3.63) is 0 Å². The molecule has 0 saturated carbocycles. The number of aliphatic imine (C=N–C) groups is 1. The molecule has 14 heteroatoms. The highest BCUT2D eigenvalue weighted by atomic mass is 32.2. The van der Waals surface area contributed by atoms with Crippen LogP contribution in [0.15, 0.2) is 4.99 Å². The molecule has 3 atom stereocenters. The molecule has 12 nitrogen and oxygen atoms in total. The van der Waals surface area contributed by atoms with Crippen LogP contribution in [-0.4, -0.2) is 83.7 Å². The number of thiol groups is 1. The molecule has 0 aromatic heterocycles. The number of carboxylic acids is 1. The van der Waals surface area contributed by atoms with E-state index < -0.39 is 48.4 Å². The van der Waals surface area contributed by atoms with Gasteiger partial charge in [-0.15, -0.1) is 0 Å². The number of rotatable bonds is 15. The maximum absolute atomic E-state index is 12.7. The van der Waals surface area contributed by atoms with Gasteiger partial charge in [0.1, 0.15) is 18.6 Å². The summed E-state index contributed by atoms with van der Waals surface area (Å²) < 4.78 is 0. The van der Waals surface area contributed by atoms with Crippen molar-refractivity contribution in [2.24, 2.45) is 22.2 Å². The average Bonchev–Trinajstić information content (AvgIpc) is 2.69. The molecule has 0 bridgehead atoms. The van der Waals surface area contributed by atoms with Crippen LogP contribution in [0.2, 0.25) is 0 Å². The van der Waals surface area contributed by atoms with Gasteiger partial charge in [0, 0.05) is 12.3 Å². The van der Waals surface area contributed by atoms with E-state index in [0.717, 1.165) is 0 Å². The van der Waals surface area contributed by atoms with Crippen molar-refractivity contribution in [2.45, 2.75) is 37.4 Å². The van der Waals surface area contributed by atoms with E-state index in [4.69, 9.17) is 22.3 Å². The summed E-state index contributed by atoms with van der Waals surface area (Å²) in [5.41, 5.74) is 16.4. The molecule has 0 aromatic carbocycles. The molecule has 172 valence electrons. The molecule has 0 radical (unpaired) electrons. The first-order valence-electron chi connectivity index (χ1n) is 9.13. The van der Waals surface area contributed by atoms with Gasteiger partial charge in [-0.25, -0.2) is 0 Å². The maximum atomic E-state index is 12.7. The van der Waals surface area contributed by atoms with E-state index in [2.05, 4.69) is 33.6 Å². The highest BCUT2D eigenvalue weighted by Crippen LogP contribution is 2.04. The Balaban J connectivity index is 5.08. The molecule has 3 amide bonds. The quantitative estimate of drug-likeness (QED) is 0.0542. The molecule has 0 aromatic rings. The Labute approximate surface area is 184 Å². The van der Waals surface area contributed by atoms with Crippen LogP contribution < -0.4 is 33.2 Å². The van der Waals surface area contributed by atoms with Gasteiger partial charge in [-0.3, -0.25) is 24.2 Å². The zero-order valence-corrected chi connectivity index (χ0v) is 18.5. The van der Waals surface area contributed by atoms with Crippen LogP contribution in [0.25, 0.3) is 0 Å². The molecule has 0 aliphatic rings. The number of carbonyl (C=O) groups excluding carboxylic acids is 3. The number of carbonyl (C=O) groups is 4. The molecule has 30 heavy (non-hydrogen) atoms. The monoisotopic (exact) mass is 465 g/mol. The second kappa shape index (κ2) is 15.6. The van der Waals surface area contributed by atoms with Gasteiger partial charge < -0.3 is 38.3 Å². The minimum absolute atomic E-state index is 0.0703. The number of thioether (sulfide) groups is 1. The summed E-state index contributed by atoms with van der Waals surface area (Å²) in [5.74, 6) is -2.54. The van der Waals surface area contributed by atoms with Crippen molar-refractivity contribution in [3.63, 3.8) is 0 Å². The Bertz CT molecular complexity index is 617. The van der Waals surface area contributed by atoms with Gasteiger partial charge in [-0.1, -0.05) is 0 Å². The van der Waals surface area contributed by atoms with Crippen molar-refractivity contribution in [1.29, 1.82) is 0 Å². The number of hydrogen-bond donors (Lipinski definition) is 8. The Morgan fingerprint density at radius 1 is 1.07 bits per heavy atom. The number of amides is 3. The Morgan fingerprint density at radius 3 is 2.23 bits per heavy atom. The van der Waals surface area contributed by atoms with Gasteiger partial charge in [-0.05, 0) is 31.3 Å². The van der Waals surface area contributed by atoms with Crippen LogP contribution in [0.4, 0.5) is 0 Å². The normalized spacial score (nSPS) is 13.4. The topological polar surface area (TPSA) is 215 Å². The summed E-state index contributed by atoms with van der Waals surface area (Å²) >= 11 is 5.55. The molecule has 0 saturated heterocycles. The molecule has 0 heterocycles. The molecule has 0 fully saturated rings. The third-order valence-electron chi connectivity index (χ3n) is 3.78. The zero-order chi connectivity index (χ0) is 23.1. The predicted octanol–water partition coefficient (Wildman–Crippen LogP) is -2.78. The fourth-order valence-corrected chi connectivity index (χ4v) is 2.93. The van der Waals surface area contributed by atoms with Crippen LogP contribution in [0.3, 0.4) is 0 Å². The lowest BCUT2D eigenvalue weighted by Crippen LogP contribution is -2.56. The molecular weight excluding hydrogens is 434 g/mol. The molecular formula is C16H31N7O5S2. The van der Waals surface area contributed by atoms with Crippen molar-refractivity contribution < 1.29 is 24.3 Å². The fourth-order valence-electron chi connectivity index (χ4n) is 2.18. The zero-order valence-electron chi connectivity index (χ0n) is 16.8. The van der Waals surface area contributed by atoms with E-state index in [9.17, 15) is 19.2 Å². The van der Waals surface area contributed by atoms with Gasteiger partial charge >= 0.3 is 5.97 Å². The number of aliphatic carboxylic acids is 1. The van der Waals surface area contributed by atoms with E-state index in [1.165, 1.54) is 0 Å². The van der Waals surface area contributed by atoms with E-state index >= 15 is 0 Å². The van der Waals surface area contributed by atoms with Gasteiger partial charge in [0.15, 0.2) is 5.96 Å². The second-order valence-electron chi connectivity index (χ2n) is 6.25. The van der Waals surface area contributed by atoms with Gasteiger partial charge in [-0.2, -0.15) is 24.4 Å². The Morgan fingerprint density at radius 2 is 1.70 bits per heavy atom. The highest BCUT2D eigenvalue weighted by Gasteiger charge is 2.27. The summed E-state index contributed by atoms with van der Waals surface area (Å²) in [5, 5.41) is 15.9. The van der Waals surface area contributed by atoms with E-state index in [1.54, 1.807) is 11.8 Å². The number of guanidine groups is 1. The van der Waals surface area contributed by atoms with Crippen LogP contribution in [-0.2, 0) is 19.2 Å². The number of nitrogens with two attached hydrogens (primary N) is 3. The van der Waals surface area contributed by atoms with Crippen LogP contribution in [0.5, 0.6) is 0 Å². The molecule has 3 unspecified atom stereocenters. The highest BCUT2D eigenvalue weighted by molar-refractivity contribution is 7.98. The largest absolute Gasteiger partial charge is 0.480 e. The Hall–Kier alpha value is -2.19. The van der Waals surface area contributed by atoms with Gasteiger partial charge in [0.25, 0.3) is 0 Å². The van der Waals surface area contributed by atoms with Crippen LogP contribution in [0, 0.1) is 0 Å². The lowest BCUT2D eigenvalue weighted by molar-refractivity contribution is -0.138. The molecule has 0 aliphatic heterocycles. The number of nitrogens with zero attached hydrogens (tertiary/aromatic N) is 1. The first-order valence-corrected chi connectivity index (χ1v) is 11.2. The molecule has 10 N–H and O–H groups in total. The molecule has 0 rings (SSSR count). The van der Waals surface area contributed by atoms with Crippen LogP contribution in [0.1, 0.15) is 19.3 Å². The predicted molar refractivity (Wildman–Crippen MR) is 119 cm³/mol. The fraction of sp³-hybridized carbons (Fsp3) is 0.688. The molecule has 0 spiro atoms. The van der Waals surface area contributed by atoms with E-state index in [1.807, 2.05) is 6.26 Å².